The van der Waals surface area contributed by atoms with Crippen LogP contribution in [-0.4, -0.2) is 5.97 Å². The Morgan fingerprint density at radius 2 is 1.76 bits per heavy atom. The molecule has 2 atom stereocenters. The first-order valence-electron chi connectivity index (χ1n) is 7.02. The first-order chi connectivity index (χ1) is 9.74. The van der Waals surface area contributed by atoms with Gasteiger partial charge < -0.3 is 4.74 Å². The second-order valence-electron chi connectivity index (χ2n) is 5.19. The standard InChI is InChI=1S/C17H24F2O2/c1-7-11(3)9-10-12(4)13(5)16(18)17(19)14(6)21-15(20)8-2/h8,11-12H,2,5-7,9-10H2,1,3-4H3/b17-16-. The van der Waals surface area contributed by atoms with Gasteiger partial charge in [-0.2, -0.15) is 4.39 Å². The Morgan fingerprint density at radius 3 is 2.24 bits per heavy atom. The highest BCUT2D eigenvalue weighted by Crippen LogP contribution is 2.30. The van der Waals surface area contributed by atoms with E-state index >= 15 is 0 Å². The van der Waals surface area contributed by atoms with Crippen LogP contribution in [0, 0.1) is 11.8 Å². The highest BCUT2D eigenvalue weighted by molar-refractivity contribution is 5.82. The Hall–Kier alpha value is -1.71. The number of rotatable bonds is 9. The predicted octanol–water partition coefficient (Wildman–Crippen LogP) is 5.40. The molecule has 0 rings (SSSR count). The summed E-state index contributed by atoms with van der Waals surface area (Å²) in [4.78, 5) is 10.9. The van der Waals surface area contributed by atoms with Gasteiger partial charge in [-0.3, -0.25) is 0 Å². The van der Waals surface area contributed by atoms with E-state index in [1.54, 1.807) is 6.92 Å². The van der Waals surface area contributed by atoms with Gasteiger partial charge in [-0.15, -0.1) is 0 Å². The van der Waals surface area contributed by atoms with Crippen LogP contribution in [0.2, 0.25) is 0 Å². The molecule has 0 amide bonds. The summed E-state index contributed by atoms with van der Waals surface area (Å²) in [6.45, 7) is 15.9. The lowest BCUT2D eigenvalue weighted by Crippen LogP contribution is -2.06. The number of hydrogen-bond donors (Lipinski definition) is 0. The molecule has 0 saturated carbocycles. The molecular formula is C17H24F2O2. The minimum Gasteiger partial charge on any atom is -0.421 e. The van der Waals surface area contributed by atoms with Crippen LogP contribution in [0.5, 0.6) is 0 Å². The molecule has 2 nitrogen and oxygen atoms in total. The predicted molar refractivity (Wildman–Crippen MR) is 81.7 cm³/mol. The molecule has 0 N–H and O–H groups in total. The van der Waals surface area contributed by atoms with Crippen LogP contribution < -0.4 is 0 Å². The quantitative estimate of drug-likeness (QED) is 0.246. The molecule has 0 aromatic rings. The normalized spacial score (nSPS) is 14.7. The Morgan fingerprint density at radius 1 is 1.19 bits per heavy atom. The summed E-state index contributed by atoms with van der Waals surface area (Å²) < 4.78 is 32.2. The van der Waals surface area contributed by atoms with E-state index in [2.05, 4.69) is 38.3 Å². The summed E-state index contributed by atoms with van der Waals surface area (Å²) in [7, 11) is 0. The fourth-order valence-electron chi connectivity index (χ4n) is 1.60. The summed E-state index contributed by atoms with van der Waals surface area (Å²) in [5.74, 6) is -3.65. The van der Waals surface area contributed by atoms with Crippen molar-refractivity contribution in [2.75, 3.05) is 0 Å². The van der Waals surface area contributed by atoms with E-state index in [0.717, 1.165) is 18.9 Å². The zero-order valence-corrected chi connectivity index (χ0v) is 13.0. The molecule has 0 heterocycles. The minimum absolute atomic E-state index is 0.0478. The maximum absolute atomic E-state index is 14.0. The molecule has 0 aromatic heterocycles. The Labute approximate surface area is 125 Å². The van der Waals surface area contributed by atoms with Gasteiger partial charge in [-0.1, -0.05) is 53.3 Å². The number of ether oxygens (including phenoxy) is 1. The van der Waals surface area contributed by atoms with Crippen molar-refractivity contribution in [3.8, 4) is 0 Å². The molecule has 0 aliphatic rings. The van der Waals surface area contributed by atoms with Crippen LogP contribution in [0.15, 0.2) is 48.8 Å². The molecule has 21 heavy (non-hydrogen) atoms. The van der Waals surface area contributed by atoms with Crippen molar-refractivity contribution in [2.45, 2.75) is 40.0 Å². The summed E-state index contributed by atoms with van der Waals surface area (Å²) >= 11 is 0. The topological polar surface area (TPSA) is 26.3 Å². The van der Waals surface area contributed by atoms with Gasteiger partial charge in [-0.05, 0) is 23.8 Å². The molecule has 4 heteroatoms. The fourth-order valence-corrected chi connectivity index (χ4v) is 1.60. The van der Waals surface area contributed by atoms with Gasteiger partial charge >= 0.3 is 5.97 Å². The van der Waals surface area contributed by atoms with Crippen LogP contribution in [-0.2, 0) is 9.53 Å². The smallest absolute Gasteiger partial charge is 0.335 e. The van der Waals surface area contributed by atoms with E-state index in [1.807, 2.05) is 0 Å². The highest BCUT2D eigenvalue weighted by Gasteiger charge is 2.20. The van der Waals surface area contributed by atoms with Gasteiger partial charge in [0.1, 0.15) is 0 Å². The van der Waals surface area contributed by atoms with Crippen molar-refractivity contribution < 1.29 is 18.3 Å². The average Bonchev–Trinajstić information content (AvgIpc) is 2.49. The van der Waals surface area contributed by atoms with Gasteiger partial charge in [-0.25, -0.2) is 9.18 Å². The SMILES string of the molecule is C=CC(=O)OC(=C)/C(F)=C(/F)C(=C)C(C)CCC(C)CC. The van der Waals surface area contributed by atoms with Gasteiger partial charge in [0.25, 0.3) is 0 Å². The van der Waals surface area contributed by atoms with Crippen molar-refractivity contribution in [1.29, 1.82) is 0 Å². The lowest BCUT2D eigenvalue weighted by molar-refractivity contribution is -0.133. The summed E-state index contributed by atoms with van der Waals surface area (Å²) in [6, 6.07) is 0. The molecule has 0 aromatic carbocycles. The Bertz CT molecular complexity index is 450. The number of carbonyl (C=O) groups is 1. The maximum atomic E-state index is 14.0. The van der Waals surface area contributed by atoms with Crippen molar-refractivity contribution in [3.63, 3.8) is 0 Å². The fraction of sp³-hybridized carbons (Fsp3) is 0.471. The first-order valence-corrected chi connectivity index (χ1v) is 7.02. The number of carbonyl (C=O) groups excluding carboxylic acids is 1. The Balaban J connectivity index is 4.78. The van der Waals surface area contributed by atoms with Gasteiger partial charge in [0.05, 0.1) is 0 Å². The first kappa shape index (κ1) is 19.3. The third kappa shape index (κ3) is 6.52. The van der Waals surface area contributed by atoms with Gasteiger partial charge in [0, 0.05) is 6.08 Å². The molecule has 0 fully saturated rings. The van der Waals surface area contributed by atoms with Gasteiger partial charge in [0.15, 0.2) is 11.6 Å². The number of esters is 1. The second kappa shape index (κ2) is 9.27. The molecule has 2 unspecified atom stereocenters. The van der Waals surface area contributed by atoms with E-state index in [-0.39, 0.29) is 11.5 Å². The third-order valence-electron chi connectivity index (χ3n) is 3.49. The van der Waals surface area contributed by atoms with Crippen molar-refractivity contribution in [1.82, 2.24) is 0 Å². The lowest BCUT2D eigenvalue weighted by Gasteiger charge is -2.16. The van der Waals surface area contributed by atoms with E-state index in [4.69, 9.17) is 0 Å². The van der Waals surface area contributed by atoms with Crippen molar-refractivity contribution in [2.24, 2.45) is 11.8 Å². The average molecular weight is 298 g/mol. The van der Waals surface area contributed by atoms with Gasteiger partial charge in [0.2, 0.25) is 5.83 Å². The molecule has 118 valence electrons. The highest BCUT2D eigenvalue weighted by atomic mass is 19.2. The van der Waals surface area contributed by atoms with Crippen molar-refractivity contribution in [3.05, 3.63) is 48.8 Å². The maximum Gasteiger partial charge on any atom is 0.335 e. The van der Waals surface area contributed by atoms with Crippen LogP contribution >= 0.6 is 0 Å². The minimum atomic E-state index is -1.30. The summed E-state index contributed by atoms with van der Waals surface area (Å²) in [5.41, 5.74) is 0.0478. The van der Waals surface area contributed by atoms with Crippen LogP contribution in [0.3, 0.4) is 0 Å². The molecule has 0 aliphatic carbocycles. The van der Waals surface area contributed by atoms with Crippen molar-refractivity contribution >= 4 is 5.97 Å². The molecular weight excluding hydrogens is 274 g/mol. The molecule has 0 aliphatic heterocycles. The number of allylic oxidation sites excluding steroid dienone is 3. The van der Waals surface area contributed by atoms with E-state index in [9.17, 15) is 13.6 Å². The van der Waals surface area contributed by atoms with E-state index in [1.165, 1.54) is 0 Å². The van der Waals surface area contributed by atoms with E-state index in [0.29, 0.717) is 12.3 Å². The van der Waals surface area contributed by atoms with E-state index < -0.39 is 23.4 Å². The largest absolute Gasteiger partial charge is 0.421 e. The summed E-state index contributed by atoms with van der Waals surface area (Å²) in [6.07, 6.45) is 3.52. The second-order valence-corrected chi connectivity index (χ2v) is 5.19. The molecule has 0 bridgehead atoms. The molecule has 0 radical (unpaired) electrons. The van der Waals surface area contributed by atoms with Crippen LogP contribution in [0.4, 0.5) is 8.78 Å². The third-order valence-corrected chi connectivity index (χ3v) is 3.49. The van der Waals surface area contributed by atoms with Crippen LogP contribution in [0.25, 0.3) is 0 Å². The number of hydrogen-bond acceptors (Lipinski definition) is 2. The lowest BCUT2D eigenvalue weighted by atomic mass is 9.91. The molecule has 0 saturated heterocycles. The Kier molecular flexibility index (Phi) is 8.51. The number of halogens is 2. The zero-order valence-electron chi connectivity index (χ0n) is 13.0. The van der Waals surface area contributed by atoms with Crippen LogP contribution in [0.1, 0.15) is 40.0 Å². The molecule has 0 spiro atoms. The monoisotopic (exact) mass is 298 g/mol. The zero-order chi connectivity index (χ0) is 16.6. The summed E-state index contributed by atoms with van der Waals surface area (Å²) in [5, 5.41) is 0.